The van der Waals surface area contributed by atoms with E-state index in [2.05, 4.69) is 13.8 Å². The summed E-state index contributed by atoms with van der Waals surface area (Å²) in [7, 11) is 0. The molecule has 5 nitrogen and oxygen atoms in total. The van der Waals surface area contributed by atoms with Crippen molar-refractivity contribution in [2.75, 3.05) is 13.1 Å². The zero-order valence-electron chi connectivity index (χ0n) is 13.5. The average Bonchev–Trinajstić information content (AvgIpc) is 2.42. The van der Waals surface area contributed by atoms with E-state index in [1.54, 1.807) is 4.90 Å². The summed E-state index contributed by atoms with van der Waals surface area (Å²) < 4.78 is 0. The molecule has 1 fully saturated rings. The molecule has 1 saturated heterocycles. The number of carbonyl (C=O) groups is 2. The molecule has 0 aliphatic carbocycles. The quantitative estimate of drug-likeness (QED) is 0.747. The fourth-order valence-electron chi connectivity index (χ4n) is 3.12. The lowest BCUT2D eigenvalue weighted by Gasteiger charge is -2.35. The van der Waals surface area contributed by atoms with Crippen molar-refractivity contribution in [2.45, 2.75) is 59.0 Å². The minimum absolute atomic E-state index is 0.0350. The van der Waals surface area contributed by atoms with Gasteiger partial charge in [-0.05, 0) is 31.6 Å². The van der Waals surface area contributed by atoms with Gasteiger partial charge in [-0.1, -0.05) is 27.2 Å². The van der Waals surface area contributed by atoms with Crippen molar-refractivity contribution in [3.8, 4) is 0 Å². The van der Waals surface area contributed by atoms with Gasteiger partial charge in [0.1, 0.15) is 0 Å². The van der Waals surface area contributed by atoms with Crippen LogP contribution in [-0.2, 0) is 9.59 Å². The van der Waals surface area contributed by atoms with Gasteiger partial charge in [0.05, 0.1) is 6.10 Å². The van der Waals surface area contributed by atoms with Crippen LogP contribution in [0.25, 0.3) is 0 Å². The number of rotatable bonds is 7. The Bertz CT molecular complexity index is 349. The predicted octanol–water partition coefficient (Wildman–Crippen LogP) is 1.53. The smallest absolute Gasteiger partial charge is 0.226 e. The van der Waals surface area contributed by atoms with Crippen LogP contribution in [0.3, 0.4) is 0 Å². The number of aliphatic hydroxyl groups is 1. The molecule has 0 bridgehead atoms. The van der Waals surface area contributed by atoms with Crippen LogP contribution >= 0.6 is 0 Å². The van der Waals surface area contributed by atoms with E-state index in [-0.39, 0.29) is 29.8 Å². The topological polar surface area (TPSA) is 83.6 Å². The maximum atomic E-state index is 12.8. The Labute approximate surface area is 127 Å². The minimum Gasteiger partial charge on any atom is -0.393 e. The molecule has 0 unspecified atom stereocenters. The Hall–Kier alpha value is -1.10. The van der Waals surface area contributed by atoms with Gasteiger partial charge in [0.15, 0.2) is 0 Å². The summed E-state index contributed by atoms with van der Waals surface area (Å²) in [5, 5.41) is 9.56. The summed E-state index contributed by atoms with van der Waals surface area (Å²) in [5.74, 6) is -0.691. The van der Waals surface area contributed by atoms with Crippen LogP contribution in [0.2, 0.25) is 0 Å². The van der Waals surface area contributed by atoms with E-state index in [1.165, 1.54) is 0 Å². The average molecular weight is 298 g/mol. The first kappa shape index (κ1) is 18.0. The largest absolute Gasteiger partial charge is 0.393 e. The highest BCUT2D eigenvalue weighted by atomic mass is 16.3. The highest BCUT2D eigenvalue weighted by Crippen LogP contribution is 2.28. The van der Waals surface area contributed by atoms with Crippen molar-refractivity contribution < 1.29 is 14.7 Å². The summed E-state index contributed by atoms with van der Waals surface area (Å²) in [4.78, 5) is 26.4. The molecule has 0 saturated carbocycles. The van der Waals surface area contributed by atoms with Crippen LogP contribution in [0.5, 0.6) is 0 Å². The molecule has 2 amide bonds. The van der Waals surface area contributed by atoms with Crippen molar-refractivity contribution in [3.05, 3.63) is 0 Å². The summed E-state index contributed by atoms with van der Waals surface area (Å²) >= 11 is 0. The highest BCUT2D eigenvalue weighted by molar-refractivity contribution is 5.87. The van der Waals surface area contributed by atoms with E-state index >= 15 is 0 Å². The van der Waals surface area contributed by atoms with Crippen LogP contribution in [0, 0.1) is 17.8 Å². The number of carbonyl (C=O) groups excluding carboxylic acids is 2. The fraction of sp³-hybridized carbons (Fsp3) is 0.875. The molecule has 5 heteroatoms. The van der Waals surface area contributed by atoms with E-state index in [0.29, 0.717) is 44.7 Å². The standard InChI is InChI=1S/C16H30N2O3/c1-4-5-13(15(17)20)14(10-11(2)3)16(21)18-8-6-12(19)7-9-18/h11-14,19H,4-10H2,1-3H3,(H2,17,20)/t13-,14+/m0/s1. The second-order valence-corrected chi connectivity index (χ2v) is 6.59. The Kier molecular flexibility index (Phi) is 7.15. The lowest BCUT2D eigenvalue weighted by Crippen LogP contribution is -2.47. The van der Waals surface area contributed by atoms with Crippen LogP contribution in [-0.4, -0.2) is 41.0 Å². The lowest BCUT2D eigenvalue weighted by molar-refractivity contribution is -0.143. The molecule has 2 atom stereocenters. The third kappa shape index (κ3) is 5.30. The first-order valence-electron chi connectivity index (χ1n) is 8.12. The number of primary amides is 1. The van der Waals surface area contributed by atoms with Crippen LogP contribution in [0.1, 0.15) is 52.9 Å². The van der Waals surface area contributed by atoms with Gasteiger partial charge in [0.2, 0.25) is 11.8 Å². The number of nitrogens with two attached hydrogens (primary N) is 1. The van der Waals surface area contributed by atoms with Gasteiger partial charge in [-0.25, -0.2) is 0 Å². The van der Waals surface area contributed by atoms with Crippen molar-refractivity contribution >= 4 is 11.8 Å². The van der Waals surface area contributed by atoms with Crippen molar-refractivity contribution in [2.24, 2.45) is 23.5 Å². The number of likely N-dealkylation sites (tertiary alicyclic amines) is 1. The molecular formula is C16H30N2O3. The SMILES string of the molecule is CCC[C@H](C(N)=O)[C@@H](CC(C)C)C(=O)N1CCC(O)CC1. The highest BCUT2D eigenvalue weighted by Gasteiger charge is 2.35. The lowest BCUT2D eigenvalue weighted by atomic mass is 9.81. The molecule has 0 spiro atoms. The minimum atomic E-state index is -0.378. The second kappa shape index (κ2) is 8.37. The van der Waals surface area contributed by atoms with Gasteiger partial charge in [0.25, 0.3) is 0 Å². The van der Waals surface area contributed by atoms with Gasteiger partial charge >= 0.3 is 0 Å². The Morgan fingerprint density at radius 1 is 1.24 bits per heavy atom. The zero-order valence-corrected chi connectivity index (χ0v) is 13.5. The third-order valence-corrected chi connectivity index (χ3v) is 4.27. The molecule has 1 rings (SSSR count). The first-order chi connectivity index (χ1) is 9.86. The van der Waals surface area contributed by atoms with Gasteiger partial charge in [-0.2, -0.15) is 0 Å². The normalized spacial score (nSPS) is 19.6. The van der Waals surface area contributed by atoms with Gasteiger partial charge in [0, 0.05) is 24.9 Å². The Balaban J connectivity index is 2.84. The molecule has 0 aromatic carbocycles. The van der Waals surface area contributed by atoms with E-state index < -0.39 is 0 Å². The van der Waals surface area contributed by atoms with Crippen molar-refractivity contribution in [3.63, 3.8) is 0 Å². The Morgan fingerprint density at radius 3 is 2.24 bits per heavy atom. The Morgan fingerprint density at radius 2 is 1.81 bits per heavy atom. The molecule has 1 aliphatic rings. The number of piperidine rings is 1. The number of aliphatic hydroxyl groups excluding tert-OH is 1. The van der Waals surface area contributed by atoms with Crippen molar-refractivity contribution in [1.82, 2.24) is 4.90 Å². The van der Waals surface area contributed by atoms with E-state index in [0.717, 1.165) is 6.42 Å². The molecule has 21 heavy (non-hydrogen) atoms. The summed E-state index contributed by atoms with van der Waals surface area (Å²) in [6, 6.07) is 0. The molecule has 122 valence electrons. The molecule has 0 aromatic heterocycles. The summed E-state index contributed by atoms with van der Waals surface area (Å²) in [6.07, 6.45) is 3.12. The van der Waals surface area contributed by atoms with Crippen LogP contribution in [0.4, 0.5) is 0 Å². The van der Waals surface area contributed by atoms with Crippen molar-refractivity contribution in [1.29, 1.82) is 0 Å². The van der Waals surface area contributed by atoms with Gasteiger partial charge in [-0.15, -0.1) is 0 Å². The second-order valence-electron chi connectivity index (χ2n) is 6.59. The van der Waals surface area contributed by atoms with Crippen LogP contribution in [0.15, 0.2) is 0 Å². The molecule has 1 heterocycles. The number of amides is 2. The first-order valence-corrected chi connectivity index (χ1v) is 8.12. The fourth-order valence-corrected chi connectivity index (χ4v) is 3.12. The van der Waals surface area contributed by atoms with Crippen LogP contribution < -0.4 is 5.73 Å². The zero-order chi connectivity index (χ0) is 16.0. The maximum Gasteiger partial charge on any atom is 0.226 e. The van der Waals surface area contributed by atoms with E-state index in [1.807, 2.05) is 6.92 Å². The van der Waals surface area contributed by atoms with E-state index in [4.69, 9.17) is 5.73 Å². The third-order valence-electron chi connectivity index (χ3n) is 4.27. The molecule has 0 radical (unpaired) electrons. The van der Waals surface area contributed by atoms with Gasteiger partial charge < -0.3 is 15.7 Å². The monoisotopic (exact) mass is 298 g/mol. The molecular weight excluding hydrogens is 268 g/mol. The summed E-state index contributed by atoms with van der Waals surface area (Å²) in [6.45, 7) is 7.27. The maximum absolute atomic E-state index is 12.8. The number of nitrogens with zero attached hydrogens (tertiary/aromatic N) is 1. The number of hydrogen-bond acceptors (Lipinski definition) is 3. The van der Waals surface area contributed by atoms with Gasteiger partial charge in [-0.3, -0.25) is 9.59 Å². The number of hydrogen-bond donors (Lipinski definition) is 2. The summed E-state index contributed by atoms with van der Waals surface area (Å²) in [5.41, 5.74) is 5.54. The molecule has 3 N–H and O–H groups in total. The molecule has 1 aliphatic heterocycles. The predicted molar refractivity (Wildman–Crippen MR) is 82.4 cm³/mol. The molecule has 0 aromatic rings. The van der Waals surface area contributed by atoms with E-state index in [9.17, 15) is 14.7 Å².